The van der Waals surface area contributed by atoms with Crippen LogP contribution in [0.5, 0.6) is 0 Å². The lowest BCUT2D eigenvalue weighted by atomic mass is 9.93. The first-order valence-corrected chi connectivity index (χ1v) is 17.6. The third-order valence-corrected chi connectivity index (χ3v) is 11.8. The van der Waals surface area contributed by atoms with Crippen molar-refractivity contribution in [1.82, 2.24) is 19.8 Å². The van der Waals surface area contributed by atoms with Gasteiger partial charge in [-0.15, -0.1) is 22.7 Å². The molecule has 0 atom stereocenters. The predicted molar refractivity (Wildman–Crippen MR) is 177 cm³/mol. The summed E-state index contributed by atoms with van der Waals surface area (Å²) < 4.78 is 25.9. The second-order valence-corrected chi connectivity index (χ2v) is 14.5. The van der Waals surface area contributed by atoms with Crippen molar-refractivity contribution >= 4 is 45.9 Å². The second-order valence-electron chi connectivity index (χ2n) is 12.3. The van der Waals surface area contributed by atoms with Crippen LogP contribution in [0, 0.1) is 0 Å². The van der Waals surface area contributed by atoms with Gasteiger partial charge in [0.2, 0.25) is 0 Å². The third kappa shape index (κ3) is 5.15. The van der Waals surface area contributed by atoms with E-state index in [2.05, 4.69) is 28.9 Å². The lowest BCUT2D eigenvalue weighted by Crippen LogP contribution is -2.33. The van der Waals surface area contributed by atoms with E-state index < -0.39 is 6.43 Å². The van der Waals surface area contributed by atoms with Crippen molar-refractivity contribution in [1.29, 1.82) is 0 Å². The van der Waals surface area contributed by atoms with Crippen molar-refractivity contribution in [3.63, 3.8) is 0 Å². The average Bonchev–Trinajstić information content (AvgIpc) is 3.86. The number of alkyl halides is 2. The Morgan fingerprint density at radius 2 is 1.24 bits per heavy atom. The van der Waals surface area contributed by atoms with Crippen molar-refractivity contribution in [2.75, 3.05) is 49.1 Å². The lowest BCUT2D eigenvalue weighted by Gasteiger charge is -2.25. The maximum Gasteiger partial charge on any atom is 0.287 e. The summed E-state index contributed by atoms with van der Waals surface area (Å²) in [4.78, 5) is 46.9. The first kappa shape index (κ1) is 29.8. The molecule has 0 bridgehead atoms. The molecule has 6 heterocycles. The van der Waals surface area contributed by atoms with E-state index in [1.165, 1.54) is 27.6 Å². The fourth-order valence-corrected chi connectivity index (χ4v) is 9.53. The monoisotopic (exact) mass is 660 g/mol. The van der Waals surface area contributed by atoms with E-state index >= 15 is 0 Å². The Morgan fingerprint density at radius 3 is 1.74 bits per heavy atom. The van der Waals surface area contributed by atoms with Crippen LogP contribution in [0.25, 0.3) is 11.1 Å². The van der Waals surface area contributed by atoms with Crippen LogP contribution in [-0.4, -0.2) is 77.3 Å². The molecule has 0 N–H and O–H groups in total. The summed E-state index contributed by atoms with van der Waals surface area (Å²) in [6.45, 7) is 6.84. The van der Waals surface area contributed by atoms with Crippen LogP contribution in [0.15, 0.2) is 36.4 Å². The van der Waals surface area contributed by atoms with Gasteiger partial charge in [0, 0.05) is 73.2 Å². The zero-order valence-corrected chi connectivity index (χ0v) is 27.2. The summed E-state index contributed by atoms with van der Waals surface area (Å²) in [5.41, 5.74) is 8.18. The molecule has 0 saturated heterocycles. The number of benzene rings is 2. The molecule has 8 nitrogen and oxygen atoms in total. The quantitative estimate of drug-likeness (QED) is 0.265. The van der Waals surface area contributed by atoms with Crippen molar-refractivity contribution in [2.24, 2.45) is 0 Å². The van der Waals surface area contributed by atoms with Gasteiger partial charge in [-0.05, 0) is 53.8 Å². The van der Waals surface area contributed by atoms with E-state index in [-0.39, 0.29) is 18.4 Å². The maximum atomic E-state index is 13.8. The smallest absolute Gasteiger partial charge is 0.287 e. The predicted octanol–water partition coefficient (Wildman–Crippen LogP) is 5.67. The van der Waals surface area contributed by atoms with Crippen molar-refractivity contribution in [3.05, 3.63) is 78.7 Å². The van der Waals surface area contributed by atoms with Crippen LogP contribution in [-0.2, 0) is 38.8 Å². The highest BCUT2D eigenvalue weighted by Crippen LogP contribution is 2.43. The van der Waals surface area contributed by atoms with Gasteiger partial charge < -0.3 is 9.80 Å². The first-order chi connectivity index (χ1) is 22.4. The number of anilines is 2. The zero-order chi connectivity index (χ0) is 31.5. The molecule has 4 aliphatic rings. The largest absolute Gasteiger partial charge is 0.306 e. The molecule has 2 aromatic heterocycles. The number of aromatic nitrogens is 2. The molecule has 4 aromatic rings. The number of hydrogen-bond acceptors (Lipinski definition) is 8. The van der Waals surface area contributed by atoms with Gasteiger partial charge in [-0.25, -0.2) is 18.7 Å². The highest BCUT2D eigenvalue weighted by molar-refractivity contribution is 7.14. The molecule has 0 spiro atoms. The van der Waals surface area contributed by atoms with Gasteiger partial charge in [-0.3, -0.25) is 19.4 Å². The molecule has 46 heavy (non-hydrogen) atoms. The van der Waals surface area contributed by atoms with Crippen LogP contribution in [0.2, 0.25) is 0 Å². The molecule has 238 valence electrons. The summed E-state index contributed by atoms with van der Waals surface area (Å²) in [5, 5.41) is 0.990. The van der Waals surface area contributed by atoms with E-state index in [0.717, 1.165) is 88.8 Å². The highest BCUT2D eigenvalue weighted by atomic mass is 32.1. The topological polar surface area (TPSA) is 72.9 Å². The minimum atomic E-state index is -2.38. The van der Waals surface area contributed by atoms with Crippen LogP contribution >= 0.6 is 22.7 Å². The van der Waals surface area contributed by atoms with Gasteiger partial charge in [-0.1, -0.05) is 31.2 Å². The van der Waals surface area contributed by atoms with Gasteiger partial charge in [0.1, 0.15) is 0 Å². The Balaban J connectivity index is 1.05. The lowest BCUT2D eigenvalue weighted by molar-refractivity contribution is 0.0824. The fraction of sp³-hybridized carbons (Fsp3) is 0.412. The van der Waals surface area contributed by atoms with E-state index in [1.54, 1.807) is 4.90 Å². The van der Waals surface area contributed by atoms with Crippen LogP contribution in [0.1, 0.15) is 58.8 Å². The van der Waals surface area contributed by atoms with Crippen molar-refractivity contribution in [2.45, 2.75) is 52.1 Å². The molecule has 12 heteroatoms. The summed E-state index contributed by atoms with van der Waals surface area (Å²) in [5.74, 6) is -0.171. The molecule has 0 unspecified atom stereocenters. The zero-order valence-electron chi connectivity index (χ0n) is 25.6. The number of carbonyl (C=O) groups excluding carboxylic acids is 2. The number of thiazole rings is 2. The van der Waals surface area contributed by atoms with E-state index in [9.17, 15) is 18.4 Å². The molecule has 0 aliphatic carbocycles. The Hall–Kier alpha value is -3.58. The Morgan fingerprint density at radius 1 is 0.739 bits per heavy atom. The highest BCUT2D eigenvalue weighted by Gasteiger charge is 2.34. The summed E-state index contributed by atoms with van der Waals surface area (Å²) in [6, 6.07) is 12.3. The van der Waals surface area contributed by atoms with Crippen molar-refractivity contribution in [3.8, 4) is 11.1 Å². The molecule has 8 rings (SSSR count). The molecule has 4 aliphatic heterocycles. The van der Waals surface area contributed by atoms with Gasteiger partial charge in [-0.2, -0.15) is 0 Å². The van der Waals surface area contributed by atoms with Crippen molar-refractivity contribution < 1.29 is 18.4 Å². The molecular weight excluding hydrogens is 627 g/mol. The standard InChI is InChI=1S/C34H34F2N6O2S2/c1-2-39-13-11-24-28(17-39)45-31(37-24)33(43)41-15-9-22-20(5-3-7-26(22)41)21-6-4-8-27-23(21)10-16-42(27)34(44)32-38-25-12-14-40(19-30(35)36)18-29(25)46-32/h3-8,30H,2,9-19H2,1H3. The maximum absolute atomic E-state index is 13.8. The number of amides is 2. The Bertz CT molecular complexity index is 1850. The van der Waals surface area contributed by atoms with E-state index in [4.69, 9.17) is 4.98 Å². The number of fused-ring (bicyclic) bond motifs is 4. The molecule has 2 aromatic carbocycles. The minimum absolute atomic E-state index is 0.0307. The number of halogens is 2. The van der Waals surface area contributed by atoms with Gasteiger partial charge in [0.05, 0.1) is 17.9 Å². The van der Waals surface area contributed by atoms with E-state index in [1.807, 2.05) is 34.1 Å². The first-order valence-electron chi connectivity index (χ1n) is 16.0. The molecule has 0 fully saturated rings. The van der Waals surface area contributed by atoms with Gasteiger partial charge in [0.15, 0.2) is 10.0 Å². The number of hydrogen-bond donors (Lipinski definition) is 0. The molecule has 0 saturated carbocycles. The van der Waals surface area contributed by atoms with Gasteiger partial charge >= 0.3 is 0 Å². The summed E-state index contributed by atoms with van der Waals surface area (Å²) in [7, 11) is 0. The summed E-state index contributed by atoms with van der Waals surface area (Å²) >= 11 is 2.87. The SMILES string of the molecule is CCN1CCc2nc(C(=O)N3CCc4c(-c5cccc6c5CCN6C(=O)c5nc6c(s5)CN(CC(F)F)CC6)cccc43)sc2C1. The van der Waals surface area contributed by atoms with Crippen LogP contribution < -0.4 is 9.80 Å². The molecular formula is C34H34F2N6O2S2. The summed E-state index contributed by atoms with van der Waals surface area (Å²) in [6.07, 6.45) is 0.558. The fourth-order valence-electron chi connectivity index (χ4n) is 7.33. The van der Waals surface area contributed by atoms with E-state index in [0.29, 0.717) is 42.6 Å². The van der Waals surface area contributed by atoms with Crippen LogP contribution in [0.3, 0.4) is 0 Å². The third-order valence-electron chi connectivity index (χ3n) is 9.67. The second kappa shape index (κ2) is 11.9. The molecule has 2 amide bonds. The number of carbonyl (C=O) groups is 2. The minimum Gasteiger partial charge on any atom is -0.306 e. The van der Waals surface area contributed by atoms with Gasteiger partial charge in [0.25, 0.3) is 18.2 Å². The average molecular weight is 661 g/mol. The Kier molecular flexibility index (Phi) is 7.71. The molecule has 0 radical (unpaired) electrons. The van der Waals surface area contributed by atoms with Crippen LogP contribution in [0.4, 0.5) is 20.2 Å². The number of nitrogens with zero attached hydrogens (tertiary/aromatic N) is 6. The number of likely N-dealkylation sites (N-methyl/N-ethyl adjacent to an activating group) is 1. The number of rotatable bonds is 6. The Labute approximate surface area is 274 Å². The normalized spacial score (nSPS) is 17.7.